The Morgan fingerprint density at radius 3 is 3.12 bits per heavy atom. The summed E-state index contributed by atoms with van der Waals surface area (Å²) in [6, 6.07) is 0.695. The van der Waals surface area contributed by atoms with Crippen LogP contribution in [0.1, 0.15) is 23.7 Å². The fourth-order valence-electron chi connectivity index (χ4n) is 3.16. The van der Waals surface area contributed by atoms with E-state index in [-0.39, 0.29) is 23.7 Å². The Hall–Kier alpha value is -2.26. The molecule has 9 heteroatoms. The molecule has 2 unspecified atom stereocenters. The first-order chi connectivity index (χ1) is 11.7. The second kappa shape index (κ2) is 6.33. The number of carbonyl (C=O) groups excluding carboxylic acids is 1. The summed E-state index contributed by atoms with van der Waals surface area (Å²) >= 11 is 1.34. The van der Waals surface area contributed by atoms with E-state index >= 15 is 0 Å². The average molecular weight is 347 g/mol. The first kappa shape index (κ1) is 15.3. The average Bonchev–Trinajstić information content (AvgIpc) is 3.27. The van der Waals surface area contributed by atoms with Crippen molar-refractivity contribution in [3.8, 4) is 0 Å². The van der Waals surface area contributed by atoms with E-state index in [1.807, 2.05) is 0 Å². The number of anilines is 1. The molecule has 2 amide bonds. The molecule has 2 aliphatic rings. The summed E-state index contributed by atoms with van der Waals surface area (Å²) in [5, 5.41) is 12.3. The normalized spacial score (nSPS) is 22.3. The first-order valence-corrected chi connectivity index (χ1v) is 8.75. The van der Waals surface area contributed by atoms with E-state index in [0.717, 1.165) is 30.5 Å². The molecule has 0 aromatic carbocycles. The molecule has 4 rings (SSSR count). The van der Waals surface area contributed by atoms with Gasteiger partial charge in [-0.15, -0.1) is 11.3 Å². The third-order valence-corrected chi connectivity index (χ3v) is 5.00. The van der Waals surface area contributed by atoms with E-state index in [4.69, 9.17) is 4.74 Å². The highest BCUT2D eigenvalue weighted by Gasteiger charge is 2.33. The molecule has 2 atom stereocenters. The Kier molecular flexibility index (Phi) is 4.03. The molecule has 0 saturated carbocycles. The summed E-state index contributed by atoms with van der Waals surface area (Å²) < 4.78 is 6.94. The number of aryl methyl sites for hydroxylation is 2. The van der Waals surface area contributed by atoms with Crippen molar-refractivity contribution in [1.29, 1.82) is 0 Å². The third kappa shape index (κ3) is 2.92. The molecular formula is C15H17N5O3S. The van der Waals surface area contributed by atoms with Gasteiger partial charge in [-0.05, 0) is 24.8 Å². The van der Waals surface area contributed by atoms with Gasteiger partial charge in [-0.1, -0.05) is 0 Å². The summed E-state index contributed by atoms with van der Waals surface area (Å²) in [6.45, 7) is 0.703. The van der Waals surface area contributed by atoms with Crippen LogP contribution in [0.4, 0.5) is 9.93 Å². The Balaban J connectivity index is 1.51. The molecule has 24 heavy (non-hydrogen) atoms. The molecule has 1 aliphatic heterocycles. The lowest BCUT2D eigenvalue weighted by Crippen LogP contribution is -2.45. The maximum atomic E-state index is 12.4. The van der Waals surface area contributed by atoms with Crippen molar-refractivity contribution in [2.24, 2.45) is 0 Å². The number of hydrogen-bond acceptors (Lipinski definition) is 6. The molecule has 0 radical (unpaired) electrons. The molecule has 3 heterocycles. The predicted molar refractivity (Wildman–Crippen MR) is 88.4 cm³/mol. The van der Waals surface area contributed by atoms with Crippen LogP contribution in [-0.4, -0.2) is 40.1 Å². The molecule has 126 valence electrons. The van der Waals surface area contributed by atoms with Gasteiger partial charge in [0.25, 0.3) is 5.56 Å². The van der Waals surface area contributed by atoms with E-state index in [0.29, 0.717) is 18.3 Å². The van der Waals surface area contributed by atoms with Crippen LogP contribution in [0.15, 0.2) is 22.4 Å². The zero-order chi connectivity index (χ0) is 16.5. The van der Waals surface area contributed by atoms with E-state index in [1.54, 1.807) is 17.6 Å². The zero-order valence-electron chi connectivity index (χ0n) is 12.9. The minimum absolute atomic E-state index is 0.140. The summed E-state index contributed by atoms with van der Waals surface area (Å²) in [7, 11) is 0. The number of nitrogens with one attached hydrogen (secondary N) is 2. The van der Waals surface area contributed by atoms with E-state index < -0.39 is 0 Å². The highest BCUT2D eigenvalue weighted by atomic mass is 32.1. The highest BCUT2D eigenvalue weighted by molar-refractivity contribution is 7.13. The lowest BCUT2D eigenvalue weighted by molar-refractivity contribution is 0.180. The number of nitrogens with zero attached hydrogens (tertiary/aromatic N) is 3. The van der Waals surface area contributed by atoms with Crippen LogP contribution in [0.5, 0.6) is 0 Å². The number of aromatic nitrogens is 3. The van der Waals surface area contributed by atoms with E-state index in [2.05, 4.69) is 20.7 Å². The maximum Gasteiger partial charge on any atom is 0.321 e. The second-order valence-corrected chi connectivity index (χ2v) is 6.79. The number of urea groups is 1. The fourth-order valence-corrected chi connectivity index (χ4v) is 3.69. The lowest BCUT2D eigenvalue weighted by Gasteiger charge is -2.20. The topological polar surface area (TPSA) is 98.1 Å². The van der Waals surface area contributed by atoms with Crippen LogP contribution in [-0.2, 0) is 17.6 Å². The smallest absolute Gasteiger partial charge is 0.321 e. The Morgan fingerprint density at radius 2 is 2.29 bits per heavy atom. The van der Waals surface area contributed by atoms with Crippen molar-refractivity contribution >= 4 is 22.5 Å². The monoisotopic (exact) mass is 347 g/mol. The van der Waals surface area contributed by atoms with E-state index in [9.17, 15) is 9.59 Å². The van der Waals surface area contributed by atoms with Crippen LogP contribution < -0.4 is 16.2 Å². The zero-order valence-corrected chi connectivity index (χ0v) is 13.7. The molecule has 1 fully saturated rings. The van der Waals surface area contributed by atoms with Crippen molar-refractivity contribution in [3.05, 3.63) is 39.3 Å². The highest BCUT2D eigenvalue weighted by Crippen LogP contribution is 2.21. The van der Waals surface area contributed by atoms with Gasteiger partial charge in [-0.3, -0.25) is 10.1 Å². The van der Waals surface area contributed by atoms with Crippen LogP contribution >= 0.6 is 11.3 Å². The van der Waals surface area contributed by atoms with Crippen molar-refractivity contribution < 1.29 is 9.53 Å². The van der Waals surface area contributed by atoms with Gasteiger partial charge in [-0.25, -0.2) is 14.5 Å². The second-order valence-electron chi connectivity index (χ2n) is 5.90. The fraction of sp³-hybridized carbons (Fsp3) is 0.467. The number of carbonyl (C=O) groups is 1. The Labute approximate surface area is 141 Å². The minimum Gasteiger partial charge on any atom is -0.377 e. The summed E-state index contributed by atoms with van der Waals surface area (Å²) in [4.78, 5) is 28.5. The number of fused-ring (bicyclic) bond motifs is 1. The molecule has 2 N–H and O–H groups in total. The Morgan fingerprint density at radius 1 is 1.38 bits per heavy atom. The third-order valence-electron chi connectivity index (χ3n) is 4.32. The molecular weight excluding hydrogens is 330 g/mol. The van der Waals surface area contributed by atoms with Crippen LogP contribution in [0, 0.1) is 0 Å². The number of amides is 2. The summed E-state index contributed by atoms with van der Waals surface area (Å²) in [5.74, 6) is 0. The molecule has 2 aromatic heterocycles. The minimum atomic E-state index is -0.361. The SMILES string of the molecule is O=C(Nc1nccs1)NC1COCC1n1nc2c(cc1=O)CCC2. The van der Waals surface area contributed by atoms with Crippen molar-refractivity contribution in [3.63, 3.8) is 0 Å². The molecule has 1 aliphatic carbocycles. The number of ether oxygens (including phenoxy) is 1. The summed E-state index contributed by atoms with van der Waals surface area (Å²) in [6.07, 6.45) is 4.46. The molecule has 2 aromatic rings. The van der Waals surface area contributed by atoms with Crippen LogP contribution in [0.2, 0.25) is 0 Å². The van der Waals surface area contributed by atoms with Gasteiger partial charge in [0, 0.05) is 17.6 Å². The van der Waals surface area contributed by atoms with Gasteiger partial charge in [0.05, 0.1) is 24.9 Å². The maximum absolute atomic E-state index is 12.4. The predicted octanol–water partition coefficient (Wildman–Crippen LogP) is 0.950. The number of rotatable bonds is 3. The first-order valence-electron chi connectivity index (χ1n) is 7.87. The van der Waals surface area contributed by atoms with Crippen LogP contribution in [0.25, 0.3) is 0 Å². The largest absolute Gasteiger partial charge is 0.377 e. The number of thiazole rings is 1. The van der Waals surface area contributed by atoms with E-state index in [1.165, 1.54) is 16.0 Å². The van der Waals surface area contributed by atoms with Gasteiger partial charge >= 0.3 is 6.03 Å². The van der Waals surface area contributed by atoms with Crippen LogP contribution in [0.3, 0.4) is 0 Å². The standard InChI is InChI=1S/C15H17N5O3S/c21-13-6-9-2-1-3-10(9)19-20(13)12-8-23-7-11(12)17-14(22)18-15-16-4-5-24-15/h4-6,11-12H,1-3,7-8H2,(H2,16,17,18,22). The summed E-state index contributed by atoms with van der Waals surface area (Å²) in [5.41, 5.74) is 1.88. The van der Waals surface area contributed by atoms with Gasteiger partial charge in [0.15, 0.2) is 5.13 Å². The van der Waals surface area contributed by atoms with Gasteiger partial charge in [0.2, 0.25) is 0 Å². The molecule has 0 bridgehead atoms. The molecule has 1 saturated heterocycles. The van der Waals surface area contributed by atoms with Gasteiger partial charge < -0.3 is 10.1 Å². The number of hydrogen-bond donors (Lipinski definition) is 2. The Bertz CT molecular complexity index is 804. The van der Waals surface area contributed by atoms with Gasteiger partial charge in [-0.2, -0.15) is 5.10 Å². The quantitative estimate of drug-likeness (QED) is 0.861. The van der Waals surface area contributed by atoms with Crippen molar-refractivity contribution in [1.82, 2.24) is 20.1 Å². The van der Waals surface area contributed by atoms with Gasteiger partial charge in [0.1, 0.15) is 6.04 Å². The van der Waals surface area contributed by atoms with Crippen molar-refractivity contribution in [2.45, 2.75) is 31.3 Å². The molecule has 0 spiro atoms. The molecule has 8 nitrogen and oxygen atoms in total. The lowest BCUT2D eigenvalue weighted by atomic mass is 10.1. The van der Waals surface area contributed by atoms with Crippen molar-refractivity contribution in [2.75, 3.05) is 18.5 Å².